The van der Waals surface area contributed by atoms with Crippen LogP contribution in [-0.2, 0) is 4.79 Å². The number of anilines is 2. The number of aliphatic hydroxyl groups excluding tert-OH is 1. The molecular weight excluding hydrogens is 519 g/mol. The van der Waals surface area contributed by atoms with E-state index in [4.69, 9.17) is 15.4 Å². The maximum atomic E-state index is 14.7. The number of nitrogens with one attached hydrogen (secondary N) is 3. The number of ether oxygens (including phenoxy) is 1. The lowest BCUT2D eigenvalue weighted by atomic mass is 10.0. The van der Waals surface area contributed by atoms with E-state index in [0.29, 0.717) is 16.6 Å². The Labute approximate surface area is 212 Å². The predicted molar refractivity (Wildman–Crippen MR) is 125 cm³/mol. The van der Waals surface area contributed by atoms with Crippen LogP contribution in [0.25, 0.3) is 16.6 Å². The molecule has 0 aliphatic carbocycles. The number of rotatable bonds is 8. The quantitative estimate of drug-likeness (QED) is 0.251. The summed E-state index contributed by atoms with van der Waals surface area (Å²) >= 11 is 0. The Morgan fingerprint density at radius 1 is 1.34 bits per heavy atom. The number of carbonyl (C=O) groups is 1. The fourth-order valence-electron chi connectivity index (χ4n) is 4.15. The Bertz CT molecular complexity index is 1350. The third-order valence-electron chi connectivity index (χ3n) is 5.97. The van der Waals surface area contributed by atoms with Crippen LogP contribution in [0.5, 0.6) is 5.88 Å². The average Bonchev–Trinajstić information content (AvgIpc) is 3.31. The number of aliphatic hydroxyl groups is 1. The molecule has 1 aliphatic rings. The van der Waals surface area contributed by atoms with Gasteiger partial charge in [0.1, 0.15) is 24.4 Å². The van der Waals surface area contributed by atoms with Crippen molar-refractivity contribution in [3.05, 3.63) is 30.5 Å². The Balaban J connectivity index is 1.64. The van der Waals surface area contributed by atoms with Crippen LogP contribution >= 0.6 is 0 Å². The molecule has 11 nitrogen and oxygen atoms in total. The number of hydrogen-bond donors (Lipinski definition) is 4. The Morgan fingerprint density at radius 2 is 2.11 bits per heavy atom. The molecule has 16 heteroatoms. The van der Waals surface area contributed by atoms with Gasteiger partial charge in [-0.15, -0.1) is 5.10 Å². The second kappa shape index (κ2) is 10.4. The van der Waals surface area contributed by atoms with E-state index in [1.165, 1.54) is 30.0 Å². The van der Waals surface area contributed by atoms with Gasteiger partial charge in [0.25, 0.3) is 5.92 Å². The zero-order valence-corrected chi connectivity index (χ0v) is 19.9. The summed E-state index contributed by atoms with van der Waals surface area (Å²) in [6.45, 7) is -3.05. The van der Waals surface area contributed by atoms with Gasteiger partial charge in [-0.3, -0.25) is 4.79 Å². The molecule has 3 aromatic rings. The lowest BCUT2D eigenvalue weighted by Gasteiger charge is -2.38. The summed E-state index contributed by atoms with van der Waals surface area (Å²) in [7, 11) is 1.31. The number of halogens is 5. The molecule has 1 atom stereocenters. The summed E-state index contributed by atoms with van der Waals surface area (Å²) in [4.78, 5) is 16.7. The largest absolute Gasteiger partial charge is 0.479 e. The first-order chi connectivity index (χ1) is 18.0. The summed E-state index contributed by atoms with van der Waals surface area (Å²) in [5, 5.41) is 21.3. The van der Waals surface area contributed by atoms with E-state index in [0.717, 1.165) is 4.90 Å². The molecule has 0 bridgehead atoms. The maximum absolute atomic E-state index is 14.7. The number of piperidine rings is 1. The van der Waals surface area contributed by atoms with Crippen LogP contribution in [0.2, 0.25) is 0 Å². The molecule has 0 unspecified atom stereocenters. The van der Waals surface area contributed by atoms with Gasteiger partial charge >= 0.3 is 6.18 Å². The second-order valence-corrected chi connectivity index (χ2v) is 8.50. The number of carbonyl (C=O) groups excluding carboxylic acids is 1. The first-order valence-corrected chi connectivity index (χ1v) is 11.2. The van der Waals surface area contributed by atoms with Crippen LogP contribution in [0, 0.1) is 5.53 Å². The SMILES string of the molecule is COc1nc(N[C@@H]2CCN(C(=O)CO)CC2(F)F)nn2ccc(-c3ccc(N=N)c(NCC(F)(F)F)c3)c12. The molecule has 1 fully saturated rings. The summed E-state index contributed by atoms with van der Waals surface area (Å²) in [5.74, 6) is -4.28. The molecule has 4 rings (SSSR count). The third-order valence-corrected chi connectivity index (χ3v) is 5.97. The summed E-state index contributed by atoms with van der Waals surface area (Å²) in [5.41, 5.74) is 8.46. The van der Waals surface area contributed by atoms with Gasteiger partial charge in [-0.1, -0.05) is 6.07 Å². The molecule has 1 saturated heterocycles. The smallest absolute Gasteiger partial charge is 0.405 e. The molecule has 2 aromatic heterocycles. The Morgan fingerprint density at radius 3 is 2.74 bits per heavy atom. The highest BCUT2D eigenvalue weighted by Gasteiger charge is 2.46. The van der Waals surface area contributed by atoms with Crippen LogP contribution in [0.3, 0.4) is 0 Å². The number of alkyl halides is 5. The summed E-state index contributed by atoms with van der Waals surface area (Å²) < 4.78 is 74.3. The highest BCUT2D eigenvalue weighted by atomic mass is 19.4. The van der Waals surface area contributed by atoms with E-state index in [1.54, 1.807) is 12.1 Å². The number of nitrogens with zero attached hydrogens (tertiary/aromatic N) is 5. The standard InChI is InChI=1S/C22H23F5N8O3/c1-38-19-18-13(12-2-3-14(32-28)15(8-12)29-10-22(25,26)27)4-7-35(18)33-20(31-19)30-16-5-6-34(17(37)9-36)11-21(16,23)24/h2-4,7-8,16,28-29,36H,5-6,9-11H2,1H3,(H,30,33)/t16-/m1/s1. The minimum atomic E-state index is -4.49. The van der Waals surface area contributed by atoms with Crippen LogP contribution < -0.4 is 15.4 Å². The van der Waals surface area contributed by atoms with E-state index >= 15 is 0 Å². The van der Waals surface area contributed by atoms with Crippen molar-refractivity contribution in [2.75, 3.05) is 44.0 Å². The second-order valence-electron chi connectivity index (χ2n) is 8.50. The topological polar surface area (TPSA) is 140 Å². The highest BCUT2D eigenvalue weighted by molar-refractivity contribution is 5.87. The van der Waals surface area contributed by atoms with Crippen LogP contribution in [0.15, 0.2) is 35.6 Å². The Hall–Kier alpha value is -4.08. The van der Waals surface area contributed by atoms with E-state index in [2.05, 4.69) is 25.8 Å². The maximum Gasteiger partial charge on any atom is 0.405 e. The molecule has 1 amide bonds. The van der Waals surface area contributed by atoms with Crippen LogP contribution in [0.1, 0.15) is 6.42 Å². The molecule has 204 valence electrons. The zero-order chi connectivity index (χ0) is 27.7. The van der Waals surface area contributed by atoms with Crippen molar-refractivity contribution < 1.29 is 36.6 Å². The first kappa shape index (κ1) is 27.0. The number of aromatic nitrogens is 3. The molecule has 38 heavy (non-hydrogen) atoms. The van der Waals surface area contributed by atoms with Gasteiger partial charge in [0, 0.05) is 18.3 Å². The van der Waals surface area contributed by atoms with Crippen molar-refractivity contribution in [1.29, 1.82) is 5.53 Å². The number of hydrogen-bond acceptors (Lipinski definition) is 9. The van der Waals surface area contributed by atoms with E-state index < -0.39 is 43.7 Å². The number of amides is 1. The zero-order valence-electron chi connectivity index (χ0n) is 19.9. The van der Waals surface area contributed by atoms with Crippen LogP contribution in [0.4, 0.5) is 39.3 Å². The van der Waals surface area contributed by atoms with Gasteiger partial charge in [0.2, 0.25) is 17.7 Å². The van der Waals surface area contributed by atoms with Crippen LogP contribution in [-0.4, -0.2) is 82.0 Å². The number of fused-ring (bicyclic) bond motifs is 1. The Kier molecular flexibility index (Phi) is 7.35. The van der Waals surface area contributed by atoms with E-state index in [1.807, 2.05) is 0 Å². The molecule has 1 aliphatic heterocycles. The van der Waals surface area contributed by atoms with Gasteiger partial charge in [-0.25, -0.2) is 18.8 Å². The lowest BCUT2D eigenvalue weighted by molar-refractivity contribution is -0.145. The van der Waals surface area contributed by atoms with Crippen molar-refractivity contribution in [2.45, 2.75) is 24.6 Å². The molecule has 1 aromatic carbocycles. The molecule has 0 spiro atoms. The van der Waals surface area contributed by atoms with E-state index in [9.17, 15) is 26.7 Å². The van der Waals surface area contributed by atoms with Crippen molar-refractivity contribution in [3.63, 3.8) is 0 Å². The molecule has 0 saturated carbocycles. The lowest BCUT2D eigenvalue weighted by Crippen LogP contribution is -2.56. The van der Waals surface area contributed by atoms with Gasteiger partial charge in [-0.05, 0) is 30.2 Å². The molecule has 3 heterocycles. The first-order valence-electron chi connectivity index (χ1n) is 11.2. The molecular formula is C22H23F5N8O3. The van der Waals surface area contributed by atoms with Gasteiger partial charge in [0.05, 0.1) is 25.4 Å². The fourth-order valence-corrected chi connectivity index (χ4v) is 4.15. The number of benzene rings is 1. The normalized spacial score (nSPS) is 17.3. The van der Waals surface area contributed by atoms with E-state index in [-0.39, 0.29) is 36.2 Å². The summed E-state index contributed by atoms with van der Waals surface area (Å²) in [6.07, 6.45) is -3.10. The fraction of sp³-hybridized carbons (Fsp3) is 0.409. The van der Waals surface area contributed by atoms with Crippen molar-refractivity contribution in [2.24, 2.45) is 5.11 Å². The highest BCUT2D eigenvalue weighted by Crippen LogP contribution is 2.37. The number of likely N-dealkylation sites (tertiary alicyclic amines) is 1. The van der Waals surface area contributed by atoms with Crippen molar-refractivity contribution >= 4 is 28.7 Å². The minimum absolute atomic E-state index is 0.00359. The van der Waals surface area contributed by atoms with Crippen molar-refractivity contribution in [3.8, 4) is 17.0 Å². The van der Waals surface area contributed by atoms with Gasteiger partial charge < -0.3 is 25.4 Å². The summed E-state index contributed by atoms with van der Waals surface area (Å²) in [6, 6.07) is 4.52. The minimum Gasteiger partial charge on any atom is -0.479 e. The average molecular weight is 542 g/mol. The predicted octanol–water partition coefficient (Wildman–Crippen LogP) is 3.68. The number of methoxy groups -OCH3 is 1. The monoisotopic (exact) mass is 542 g/mol. The van der Waals surface area contributed by atoms with Gasteiger partial charge in [0.15, 0.2) is 0 Å². The third kappa shape index (κ3) is 5.58. The van der Waals surface area contributed by atoms with Crippen molar-refractivity contribution in [1.82, 2.24) is 19.5 Å². The molecule has 0 radical (unpaired) electrons. The van der Waals surface area contributed by atoms with Gasteiger partial charge in [-0.2, -0.15) is 23.3 Å². The molecule has 4 N–H and O–H groups in total.